The number of hydrogen-bond acceptors (Lipinski definition) is 6. The van der Waals surface area contributed by atoms with Crippen LogP contribution in [0.1, 0.15) is 5.56 Å². The molecule has 0 spiro atoms. The maximum absolute atomic E-state index is 11.7. The van der Waals surface area contributed by atoms with Gasteiger partial charge in [0.05, 0.1) is 5.75 Å². The molecule has 0 fully saturated rings. The van der Waals surface area contributed by atoms with Crippen LogP contribution in [0.5, 0.6) is 0 Å². The Balaban J connectivity index is 1.65. The third-order valence-electron chi connectivity index (χ3n) is 2.47. The van der Waals surface area contributed by atoms with Crippen molar-refractivity contribution in [3.63, 3.8) is 0 Å². The number of carbonyl (C=O) groups excluding carboxylic acids is 1. The highest BCUT2D eigenvalue weighted by Gasteiger charge is 2.07. The molecule has 0 radical (unpaired) electrons. The van der Waals surface area contributed by atoms with Crippen molar-refractivity contribution in [3.8, 4) is 0 Å². The molecule has 0 aliphatic carbocycles. The Morgan fingerprint density at radius 2 is 2.00 bits per heavy atom. The summed E-state index contributed by atoms with van der Waals surface area (Å²) >= 11 is 4.52. The van der Waals surface area contributed by atoms with Crippen molar-refractivity contribution in [1.82, 2.24) is 15.5 Å². The van der Waals surface area contributed by atoms with Crippen LogP contribution in [0.3, 0.4) is 0 Å². The standard InChI is InChI=1S/C13H15N3OS3/c1-18-12-15-16-13(20-12)19-9-11(17)14-8-7-10-5-3-2-4-6-10/h2-6H,7-9H2,1H3,(H,14,17). The lowest BCUT2D eigenvalue weighted by Crippen LogP contribution is -2.27. The monoisotopic (exact) mass is 325 g/mol. The van der Waals surface area contributed by atoms with Crippen LogP contribution in [0, 0.1) is 0 Å². The summed E-state index contributed by atoms with van der Waals surface area (Å²) in [5.74, 6) is 0.421. The second kappa shape index (κ2) is 8.28. The van der Waals surface area contributed by atoms with Gasteiger partial charge in [-0.15, -0.1) is 10.2 Å². The topological polar surface area (TPSA) is 54.9 Å². The van der Waals surface area contributed by atoms with Crippen LogP contribution in [0.4, 0.5) is 0 Å². The maximum atomic E-state index is 11.7. The minimum absolute atomic E-state index is 0.0341. The zero-order valence-electron chi connectivity index (χ0n) is 11.0. The van der Waals surface area contributed by atoms with Gasteiger partial charge in [-0.2, -0.15) is 0 Å². The molecule has 1 amide bonds. The Morgan fingerprint density at radius 1 is 1.25 bits per heavy atom. The Labute approximate surface area is 130 Å². The van der Waals surface area contributed by atoms with Crippen LogP contribution in [-0.4, -0.2) is 34.7 Å². The highest BCUT2D eigenvalue weighted by molar-refractivity contribution is 8.03. The van der Waals surface area contributed by atoms with Gasteiger partial charge in [-0.3, -0.25) is 4.79 Å². The molecule has 0 atom stereocenters. The highest BCUT2D eigenvalue weighted by atomic mass is 32.2. The Hall–Kier alpha value is -1.05. The fourth-order valence-electron chi connectivity index (χ4n) is 1.51. The van der Waals surface area contributed by atoms with Crippen LogP contribution in [0.25, 0.3) is 0 Å². The number of rotatable bonds is 7. The summed E-state index contributed by atoms with van der Waals surface area (Å²) in [5, 5.41) is 10.9. The van der Waals surface area contributed by atoms with Gasteiger partial charge in [0.2, 0.25) is 5.91 Å². The normalized spacial score (nSPS) is 10.4. The van der Waals surface area contributed by atoms with Crippen molar-refractivity contribution in [2.75, 3.05) is 18.6 Å². The van der Waals surface area contributed by atoms with E-state index < -0.39 is 0 Å². The number of hydrogen-bond donors (Lipinski definition) is 1. The van der Waals surface area contributed by atoms with E-state index in [9.17, 15) is 4.79 Å². The molecule has 0 aliphatic rings. The molecule has 1 heterocycles. The molecule has 4 nitrogen and oxygen atoms in total. The third-order valence-corrected chi connectivity index (χ3v) is 5.50. The molecule has 0 saturated heterocycles. The molecule has 0 unspecified atom stereocenters. The Morgan fingerprint density at radius 3 is 2.70 bits per heavy atom. The first-order chi connectivity index (χ1) is 9.78. The quantitative estimate of drug-likeness (QED) is 0.793. The van der Waals surface area contributed by atoms with Crippen LogP contribution in [-0.2, 0) is 11.2 Å². The van der Waals surface area contributed by atoms with Gasteiger partial charge in [0.1, 0.15) is 0 Å². The van der Waals surface area contributed by atoms with Gasteiger partial charge in [-0.1, -0.05) is 65.2 Å². The van der Waals surface area contributed by atoms with Crippen molar-refractivity contribution >= 4 is 40.8 Å². The SMILES string of the molecule is CSc1nnc(SCC(=O)NCCc2ccccc2)s1. The molecular weight excluding hydrogens is 310 g/mol. The molecule has 20 heavy (non-hydrogen) atoms. The fourth-order valence-corrected chi connectivity index (χ4v) is 3.78. The van der Waals surface area contributed by atoms with Crippen molar-refractivity contribution in [2.24, 2.45) is 0 Å². The van der Waals surface area contributed by atoms with Crippen LogP contribution in [0.2, 0.25) is 0 Å². The summed E-state index contributed by atoms with van der Waals surface area (Å²) in [7, 11) is 0. The molecule has 2 rings (SSSR count). The average molecular weight is 325 g/mol. The lowest BCUT2D eigenvalue weighted by Gasteiger charge is -2.04. The Bertz CT molecular complexity index is 545. The van der Waals surface area contributed by atoms with Crippen molar-refractivity contribution in [2.45, 2.75) is 15.1 Å². The molecule has 106 valence electrons. The number of carbonyl (C=O) groups is 1. The van der Waals surface area contributed by atoms with Gasteiger partial charge in [-0.25, -0.2) is 0 Å². The van der Waals surface area contributed by atoms with E-state index in [1.54, 1.807) is 11.8 Å². The summed E-state index contributed by atoms with van der Waals surface area (Å²) in [4.78, 5) is 11.7. The van der Waals surface area contributed by atoms with E-state index in [2.05, 4.69) is 27.6 Å². The van der Waals surface area contributed by atoms with Crippen LogP contribution >= 0.6 is 34.9 Å². The smallest absolute Gasteiger partial charge is 0.230 e. The molecule has 2 aromatic rings. The van der Waals surface area contributed by atoms with E-state index >= 15 is 0 Å². The summed E-state index contributed by atoms with van der Waals surface area (Å²) in [5.41, 5.74) is 1.23. The second-order valence-corrected chi connectivity index (χ2v) is 7.17. The number of benzene rings is 1. The average Bonchev–Trinajstić information content (AvgIpc) is 2.94. The molecule has 7 heteroatoms. The first kappa shape index (κ1) is 15.3. The van der Waals surface area contributed by atoms with E-state index in [0.29, 0.717) is 12.3 Å². The van der Waals surface area contributed by atoms with E-state index in [4.69, 9.17) is 0 Å². The molecule has 1 aromatic carbocycles. The van der Waals surface area contributed by atoms with Gasteiger partial charge in [0.25, 0.3) is 0 Å². The second-order valence-electron chi connectivity index (χ2n) is 3.91. The summed E-state index contributed by atoms with van der Waals surface area (Å²) in [6.45, 7) is 0.662. The van der Waals surface area contributed by atoms with Gasteiger partial charge < -0.3 is 5.32 Å². The number of amides is 1. The van der Waals surface area contributed by atoms with Crippen LogP contribution in [0.15, 0.2) is 39.0 Å². The number of aromatic nitrogens is 2. The first-order valence-electron chi connectivity index (χ1n) is 6.09. The van der Waals surface area contributed by atoms with Gasteiger partial charge in [-0.05, 0) is 18.2 Å². The van der Waals surface area contributed by atoms with Gasteiger partial charge in [0.15, 0.2) is 8.68 Å². The van der Waals surface area contributed by atoms with E-state index in [0.717, 1.165) is 15.1 Å². The number of thioether (sulfide) groups is 2. The molecule has 1 aromatic heterocycles. The number of nitrogens with one attached hydrogen (secondary N) is 1. The van der Waals surface area contributed by atoms with Crippen LogP contribution < -0.4 is 5.32 Å². The molecule has 0 saturated carbocycles. The lowest BCUT2D eigenvalue weighted by atomic mass is 10.1. The van der Waals surface area contributed by atoms with Crippen molar-refractivity contribution in [3.05, 3.63) is 35.9 Å². The first-order valence-corrected chi connectivity index (χ1v) is 9.11. The summed E-state index contributed by atoms with van der Waals surface area (Å²) in [6.07, 6.45) is 2.82. The Kier molecular flexibility index (Phi) is 6.35. The minimum atomic E-state index is 0.0341. The molecule has 1 N–H and O–H groups in total. The fraction of sp³-hybridized carbons (Fsp3) is 0.308. The predicted octanol–water partition coefficient (Wildman–Crippen LogP) is 2.71. The molecule has 0 aliphatic heterocycles. The minimum Gasteiger partial charge on any atom is -0.355 e. The lowest BCUT2D eigenvalue weighted by molar-refractivity contribution is -0.118. The van der Waals surface area contributed by atoms with Crippen molar-refractivity contribution in [1.29, 1.82) is 0 Å². The molecule has 0 bridgehead atoms. The zero-order valence-corrected chi connectivity index (χ0v) is 13.5. The van der Waals surface area contributed by atoms with Crippen molar-refractivity contribution < 1.29 is 4.79 Å². The van der Waals surface area contributed by atoms with Gasteiger partial charge in [0, 0.05) is 6.54 Å². The van der Waals surface area contributed by atoms with E-state index in [1.807, 2.05) is 24.5 Å². The highest BCUT2D eigenvalue weighted by Crippen LogP contribution is 2.26. The largest absolute Gasteiger partial charge is 0.355 e. The zero-order chi connectivity index (χ0) is 14.2. The van der Waals surface area contributed by atoms with E-state index in [-0.39, 0.29) is 5.91 Å². The predicted molar refractivity (Wildman–Crippen MR) is 85.6 cm³/mol. The maximum Gasteiger partial charge on any atom is 0.230 e. The summed E-state index contributed by atoms with van der Waals surface area (Å²) < 4.78 is 1.77. The van der Waals surface area contributed by atoms with E-state index in [1.165, 1.54) is 28.7 Å². The third kappa shape index (κ3) is 5.15. The summed E-state index contributed by atoms with van der Waals surface area (Å²) in [6, 6.07) is 10.1. The van der Waals surface area contributed by atoms with Gasteiger partial charge >= 0.3 is 0 Å². The molecular formula is C13H15N3OS3. The number of nitrogens with zero attached hydrogens (tertiary/aromatic N) is 2.